The lowest BCUT2D eigenvalue weighted by Gasteiger charge is -2.21. The second-order valence-corrected chi connectivity index (χ2v) is 8.07. The summed E-state index contributed by atoms with van der Waals surface area (Å²) in [5.41, 5.74) is 2.12. The summed E-state index contributed by atoms with van der Waals surface area (Å²) in [6, 6.07) is 9.33. The van der Waals surface area contributed by atoms with Gasteiger partial charge in [-0.05, 0) is 37.1 Å². The van der Waals surface area contributed by atoms with Gasteiger partial charge in [0.1, 0.15) is 6.04 Å². The van der Waals surface area contributed by atoms with Crippen LogP contribution in [0.3, 0.4) is 0 Å². The van der Waals surface area contributed by atoms with Crippen molar-refractivity contribution in [1.29, 1.82) is 0 Å². The van der Waals surface area contributed by atoms with Crippen LogP contribution in [0.5, 0.6) is 0 Å². The van der Waals surface area contributed by atoms with E-state index in [9.17, 15) is 14.4 Å². The summed E-state index contributed by atoms with van der Waals surface area (Å²) in [5.74, 6) is -1.59. The van der Waals surface area contributed by atoms with Crippen molar-refractivity contribution in [2.75, 3.05) is 19.8 Å². The monoisotopic (exact) mass is 478 g/mol. The number of imide groups is 1. The largest absolute Gasteiger partial charge is 0.379 e. The quantitative estimate of drug-likeness (QED) is 0.414. The first-order chi connectivity index (χ1) is 15.3. The maximum atomic E-state index is 12.7. The molecular weight excluding hydrogens is 455 g/mol. The van der Waals surface area contributed by atoms with Gasteiger partial charge in [0.2, 0.25) is 5.91 Å². The molecule has 9 heteroatoms. The number of nitrogens with one attached hydrogen (secondary N) is 1. The Morgan fingerprint density at radius 1 is 1.00 bits per heavy atom. The smallest absolute Gasteiger partial charge is 0.262 e. The standard InChI is InChI=1S/C23H24Cl2N2O5/c1-3-31-7-8-32-13-16-6-4-5-15(9-16)12-26-21(28)14(2)27-22(29)17-10-19(24)20(25)11-18(17)23(27)30/h4-6,9-11,14H,3,7-8,12-13H2,1-2H3,(H,26,28). The fourth-order valence-electron chi connectivity index (χ4n) is 3.34. The number of hydrogen-bond acceptors (Lipinski definition) is 5. The molecule has 1 aliphatic rings. The molecule has 1 heterocycles. The fourth-order valence-corrected chi connectivity index (χ4v) is 3.67. The number of fused-ring (bicyclic) bond motifs is 1. The van der Waals surface area contributed by atoms with Crippen molar-refractivity contribution >= 4 is 40.9 Å². The van der Waals surface area contributed by atoms with Crippen LogP contribution < -0.4 is 5.32 Å². The second kappa shape index (κ2) is 10.9. The van der Waals surface area contributed by atoms with Gasteiger partial charge in [0.25, 0.3) is 11.8 Å². The highest BCUT2D eigenvalue weighted by molar-refractivity contribution is 6.43. The van der Waals surface area contributed by atoms with Crippen LogP contribution in [0, 0.1) is 0 Å². The highest BCUT2D eigenvalue weighted by Crippen LogP contribution is 2.32. The summed E-state index contributed by atoms with van der Waals surface area (Å²) < 4.78 is 10.8. The van der Waals surface area contributed by atoms with E-state index in [0.717, 1.165) is 16.0 Å². The van der Waals surface area contributed by atoms with E-state index in [4.69, 9.17) is 32.7 Å². The van der Waals surface area contributed by atoms with E-state index < -0.39 is 23.8 Å². The Hall–Kier alpha value is -2.45. The Balaban J connectivity index is 1.58. The van der Waals surface area contributed by atoms with E-state index in [1.165, 1.54) is 19.1 Å². The highest BCUT2D eigenvalue weighted by Gasteiger charge is 2.41. The first kappa shape index (κ1) is 24.2. The van der Waals surface area contributed by atoms with Gasteiger partial charge in [0, 0.05) is 13.2 Å². The maximum absolute atomic E-state index is 12.7. The van der Waals surface area contributed by atoms with E-state index in [1.54, 1.807) is 0 Å². The van der Waals surface area contributed by atoms with E-state index in [1.807, 2.05) is 31.2 Å². The lowest BCUT2D eigenvalue weighted by molar-refractivity contribution is -0.124. The summed E-state index contributed by atoms with van der Waals surface area (Å²) in [6.45, 7) is 5.81. The molecule has 0 bridgehead atoms. The van der Waals surface area contributed by atoms with Gasteiger partial charge in [-0.2, -0.15) is 0 Å². The van der Waals surface area contributed by atoms with Crippen LogP contribution >= 0.6 is 23.2 Å². The van der Waals surface area contributed by atoms with Gasteiger partial charge in [-0.15, -0.1) is 0 Å². The number of hydrogen-bond donors (Lipinski definition) is 1. The lowest BCUT2D eigenvalue weighted by Crippen LogP contribution is -2.47. The predicted molar refractivity (Wildman–Crippen MR) is 121 cm³/mol. The van der Waals surface area contributed by atoms with Crippen LogP contribution in [0.25, 0.3) is 0 Å². The van der Waals surface area contributed by atoms with Gasteiger partial charge in [-0.1, -0.05) is 47.5 Å². The average Bonchev–Trinajstić information content (AvgIpc) is 3.01. The third kappa shape index (κ3) is 5.48. The van der Waals surface area contributed by atoms with Gasteiger partial charge in [0.05, 0.1) is 41.0 Å². The molecule has 3 amide bonds. The molecule has 1 atom stereocenters. The molecule has 0 fully saturated rings. The zero-order valence-electron chi connectivity index (χ0n) is 17.8. The lowest BCUT2D eigenvalue weighted by atomic mass is 10.1. The van der Waals surface area contributed by atoms with E-state index in [2.05, 4.69) is 5.32 Å². The molecule has 0 aromatic heterocycles. The molecular formula is C23H24Cl2N2O5. The van der Waals surface area contributed by atoms with Gasteiger partial charge in [-0.25, -0.2) is 0 Å². The molecule has 3 rings (SSSR count). The number of ether oxygens (including phenoxy) is 2. The van der Waals surface area contributed by atoms with Gasteiger partial charge >= 0.3 is 0 Å². The van der Waals surface area contributed by atoms with Crippen molar-refractivity contribution in [2.24, 2.45) is 0 Å². The third-order valence-corrected chi connectivity index (χ3v) is 5.75. The summed E-state index contributed by atoms with van der Waals surface area (Å²) in [5, 5.41) is 3.13. The molecule has 0 saturated carbocycles. The number of nitrogens with zero attached hydrogens (tertiary/aromatic N) is 1. The van der Waals surface area contributed by atoms with Crippen molar-refractivity contribution in [3.05, 3.63) is 68.7 Å². The first-order valence-corrected chi connectivity index (χ1v) is 11.0. The molecule has 32 heavy (non-hydrogen) atoms. The normalized spacial score (nSPS) is 13.9. The number of carbonyl (C=O) groups excluding carboxylic acids is 3. The SMILES string of the molecule is CCOCCOCc1cccc(CNC(=O)C(C)N2C(=O)c3cc(Cl)c(Cl)cc3C2=O)c1. The van der Waals surface area contributed by atoms with Crippen molar-refractivity contribution in [3.8, 4) is 0 Å². The molecule has 0 spiro atoms. The summed E-state index contributed by atoms with van der Waals surface area (Å²) in [4.78, 5) is 39.0. The second-order valence-electron chi connectivity index (χ2n) is 7.26. The number of rotatable bonds is 10. The molecule has 1 N–H and O–H groups in total. The number of halogens is 2. The van der Waals surface area contributed by atoms with Gasteiger partial charge in [0.15, 0.2) is 0 Å². The Bertz CT molecular complexity index is 986. The van der Waals surface area contributed by atoms with Crippen LogP contribution in [0.1, 0.15) is 45.7 Å². The first-order valence-electron chi connectivity index (χ1n) is 10.2. The maximum Gasteiger partial charge on any atom is 0.262 e. The minimum atomic E-state index is -0.995. The zero-order chi connectivity index (χ0) is 23.3. The average molecular weight is 479 g/mol. The molecule has 0 radical (unpaired) electrons. The third-order valence-electron chi connectivity index (χ3n) is 5.03. The Morgan fingerprint density at radius 2 is 1.59 bits per heavy atom. The van der Waals surface area contributed by atoms with Crippen molar-refractivity contribution in [3.63, 3.8) is 0 Å². The summed E-state index contributed by atoms with van der Waals surface area (Å²) in [6.07, 6.45) is 0. The van der Waals surface area contributed by atoms with Gasteiger partial charge < -0.3 is 14.8 Å². The number of amides is 3. The molecule has 7 nitrogen and oxygen atoms in total. The Kier molecular flexibility index (Phi) is 8.26. The molecule has 0 aliphatic carbocycles. The van der Waals surface area contributed by atoms with Crippen LogP contribution in [0.4, 0.5) is 0 Å². The Morgan fingerprint density at radius 3 is 2.22 bits per heavy atom. The highest BCUT2D eigenvalue weighted by atomic mass is 35.5. The predicted octanol–water partition coefficient (Wildman–Crippen LogP) is 3.85. The molecule has 1 unspecified atom stereocenters. The van der Waals surface area contributed by atoms with Crippen molar-refractivity contribution in [2.45, 2.75) is 33.0 Å². The molecule has 2 aromatic carbocycles. The van der Waals surface area contributed by atoms with Crippen molar-refractivity contribution < 1.29 is 23.9 Å². The van der Waals surface area contributed by atoms with Crippen LogP contribution in [-0.4, -0.2) is 48.5 Å². The molecule has 0 saturated heterocycles. The molecule has 2 aromatic rings. The summed E-state index contributed by atoms with van der Waals surface area (Å²) >= 11 is 11.9. The minimum absolute atomic E-state index is 0.140. The van der Waals surface area contributed by atoms with Crippen LogP contribution in [0.15, 0.2) is 36.4 Å². The topological polar surface area (TPSA) is 84.9 Å². The number of benzene rings is 2. The minimum Gasteiger partial charge on any atom is -0.379 e. The molecule has 1 aliphatic heterocycles. The zero-order valence-corrected chi connectivity index (χ0v) is 19.3. The van der Waals surface area contributed by atoms with Crippen LogP contribution in [-0.2, 0) is 27.4 Å². The number of carbonyl (C=O) groups is 3. The van der Waals surface area contributed by atoms with Crippen LogP contribution in [0.2, 0.25) is 10.0 Å². The fraction of sp³-hybridized carbons (Fsp3) is 0.348. The molecule has 170 valence electrons. The van der Waals surface area contributed by atoms with E-state index in [-0.39, 0.29) is 27.7 Å². The Labute approximate surface area is 196 Å². The van der Waals surface area contributed by atoms with E-state index >= 15 is 0 Å². The summed E-state index contributed by atoms with van der Waals surface area (Å²) in [7, 11) is 0. The van der Waals surface area contributed by atoms with Crippen molar-refractivity contribution in [1.82, 2.24) is 10.2 Å². The van der Waals surface area contributed by atoms with Gasteiger partial charge in [-0.3, -0.25) is 19.3 Å². The van der Waals surface area contributed by atoms with E-state index in [0.29, 0.717) is 26.4 Å².